The van der Waals surface area contributed by atoms with Gasteiger partial charge in [0.15, 0.2) is 0 Å². The molecule has 0 spiro atoms. The fourth-order valence-electron chi connectivity index (χ4n) is 0.938. The molecule has 0 amide bonds. The van der Waals surface area contributed by atoms with Crippen molar-refractivity contribution in [2.45, 2.75) is 79.1 Å². The summed E-state index contributed by atoms with van der Waals surface area (Å²) in [5, 5.41) is 0. The Hall–Kier alpha value is 1.41. The molecule has 1 radical (unpaired) electrons. The quantitative estimate of drug-likeness (QED) is 0.695. The Balaban J connectivity index is 0. The molecule has 0 aromatic rings. The van der Waals surface area contributed by atoms with Crippen molar-refractivity contribution in [3.63, 3.8) is 0 Å². The van der Waals surface area contributed by atoms with E-state index in [1.807, 2.05) is 62.3 Å². The van der Waals surface area contributed by atoms with E-state index in [1.165, 1.54) is 0 Å². The Morgan fingerprint density at radius 3 is 0.824 bits per heavy atom. The van der Waals surface area contributed by atoms with Crippen molar-refractivity contribution in [2.75, 3.05) is 0 Å². The molecular weight excluding hydrogens is 242 g/mol. The second-order valence-electron chi connectivity index (χ2n) is 6.98. The van der Waals surface area contributed by atoms with Crippen molar-refractivity contribution >= 4 is 15.1 Å². The largest absolute Gasteiger partial charge is 1.00 e. The molecule has 0 atom stereocenters. The average Bonchev–Trinajstić information content (AvgIpc) is 1.70. The van der Waals surface area contributed by atoms with Crippen LogP contribution in [0.1, 0.15) is 62.3 Å². The van der Waals surface area contributed by atoms with E-state index in [2.05, 4.69) is 0 Å². The van der Waals surface area contributed by atoms with Crippen LogP contribution in [0.5, 0.6) is 0 Å². The Labute approximate surface area is 134 Å². The van der Waals surface area contributed by atoms with Crippen LogP contribution in [0.3, 0.4) is 0 Å². The third-order valence-corrected chi connectivity index (χ3v) is 4.05. The minimum absolute atomic E-state index is 0. The molecule has 0 rings (SSSR count). The van der Waals surface area contributed by atoms with Gasteiger partial charge in [-0.05, 0) is 62.3 Å². The van der Waals surface area contributed by atoms with E-state index >= 15 is 0 Å². The van der Waals surface area contributed by atoms with Gasteiger partial charge >= 0.3 is 44.7 Å². The number of rotatable bonds is 3. The molecule has 17 heavy (non-hydrogen) atoms. The summed E-state index contributed by atoms with van der Waals surface area (Å²) in [6, 6.07) is 0. The molecule has 0 heterocycles. The van der Waals surface area contributed by atoms with Crippen molar-refractivity contribution in [1.29, 1.82) is 0 Å². The van der Waals surface area contributed by atoms with Gasteiger partial charge in [-0.25, -0.2) is 0 Å². The first-order valence-corrected chi connectivity index (χ1v) is 7.23. The molecule has 0 aromatic carbocycles. The standard InChI is InChI=1S/3C4H9O.Al.Na/c3*1-4(2,3)5;;/h3*1-3H3;;/q3*-1;+2;+1. The van der Waals surface area contributed by atoms with E-state index in [1.54, 1.807) is 0 Å². The zero-order chi connectivity index (χ0) is 13.2. The molecule has 97 valence electrons. The summed E-state index contributed by atoms with van der Waals surface area (Å²) in [5.74, 6) is 0. The van der Waals surface area contributed by atoms with Gasteiger partial charge in [-0.3, -0.25) is 0 Å². The first kappa shape index (κ1) is 20.7. The summed E-state index contributed by atoms with van der Waals surface area (Å²) < 4.78 is 17.7. The van der Waals surface area contributed by atoms with Gasteiger partial charge in [0.1, 0.15) is 0 Å². The van der Waals surface area contributed by atoms with Crippen molar-refractivity contribution in [2.24, 2.45) is 0 Å². The normalized spacial score (nSPS) is 13.8. The van der Waals surface area contributed by atoms with Crippen LogP contribution in [-0.2, 0) is 11.4 Å². The van der Waals surface area contributed by atoms with Crippen LogP contribution >= 0.6 is 0 Å². The van der Waals surface area contributed by atoms with Gasteiger partial charge < -0.3 is 11.4 Å². The summed E-state index contributed by atoms with van der Waals surface area (Å²) in [6.45, 7) is 18.2. The molecule has 0 bridgehead atoms. The van der Waals surface area contributed by atoms with Crippen molar-refractivity contribution in [3.8, 4) is 0 Å². The summed E-state index contributed by atoms with van der Waals surface area (Å²) in [5.41, 5.74) is -0.686. The van der Waals surface area contributed by atoms with Crippen molar-refractivity contribution in [1.82, 2.24) is 0 Å². The molecule has 0 fully saturated rings. The summed E-state index contributed by atoms with van der Waals surface area (Å²) >= 11 is -2.11. The van der Waals surface area contributed by atoms with Crippen LogP contribution in [0.4, 0.5) is 0 Å². The fourth-order valence-corrected chi connectivity index (χ4v) is 2.81. The molecule has 0 unspecified atom stereocenters. The Morgan fingerprint density at radius 2 is 0.706 bits per heavy atom. The Morgan fingerprint density at radius 1 is 0.529 bits per heavy atom. The minimum Gasteiger partial charge on any atom is -0.630 e. The summed E-state index contributed by atoms with van der Waals surface area (Å²) in [7, 11) is 0. The third kappa shape index (κ3) is 15.4. The van der Waals surface area contributed by atoms with Crippen LogP contribution in [0, 0.1) is 0 Å². The number of hydrogen-bond acceptors (Lipinski definition) is 3. The molecule has 0 aliphatic carbocycles. The zero-order valence-corrected chi connectivity index (χ0v) is 16.5. The van der Waals surface area contributed by atoms with E-state index < -0.39 is 15.1 Å². The first-order valence-electron chi connectivity index (χ1n) is 5.82. The molecule has 0 aliphatic heterocycles. The average molecular weight is 269 g/mol. The van der Waals surface area contributed by atoms with Crippen LogP contribution in [0.25, 0.3) is 0 Å². The maximum absolute atomic E-state index is 5.88. The van der Waals surface area contributed by atoms with E-state index in [-0.39, 0.29) is 46.4 Å². The maximum Gasteiger partial charge on any atom is 1.00 e. The van der Waals surface area contributed by atoms with Gasteiger partial charge in [-0.15, -0.1) is 0 Å². The zero-order valence-electron chi connectivity index (χ0n) is 13.3. The van der Waals surface area contributed by atoms with Gasteiger partial charge in [0.05, 0.1) is 0 Å². The molecular formula is C12H27AlNaO3. The van der Waals surface area contributed by atoms with Crippen LogP contribution < -0.4 is 29.6 Å². The van der Waals surface area contributed by atoms with Crippen molar-refractivity contribution in [3.05, 3.63) is 0 Å². The predicted octanol–water partition coefficient (Wildman–Crippen LogP) is 0.421. The van der Waals surface area contributed by atoms with E-state index in [9.17, 15) is 0 Å². The van der Waals surface area contributed by atoms with Crippen LogP contribution in [0.15, 0.2) is 0 Å². The third-order valence-electron chi connectivity index (χ3n) is 1.35. The van der Waals surface area contributed by atoms with E-state index in [0.717, 1.165) is 0 Å². The molecule has 0 aromatic heterocycles. The molecule has 0 saturated heterocycles. The monoisotopic (exact) mass is 269 g/mol. The van der Waals surface area contributed by atoms with E-state index in [0.29, 0.717) is 0 Å². The van der Waals surface area contributed by atoms with Gasteiger partial charge in [0, 0.05) is 16.8 Å². The van der Waals surface area contributed by atoms with Crippen LogP contribution in [-0.4, -0.2) is 32.0 Å². The smallest absolute Gasteiger partial charge is 0.630 e. The SMILES string of the molecule is CC(C)(C)[O][Al-]([O]C(C)(C)C)[O]C(C)(C)C.[Na+]. The molecule has 3 nitrogen and oxygen atoms in total. The Bertz CT molecular complexity index is 175. The van der Waals surface area contributed by atoms with Gasteiger partial charge in [-0.2, -0.15) is 0 Å². The first-order chi connectivity index (χ1) is 6.79. The van der Waals surface area contributed by atoms with Gasteiger partial charge in [0.25, 0.3) is 0 Å². The second kappa shape index (κ2) is 7.26. The fraction of sp³-hybridized carbons (Fsp3) is 1.00. The molecule has 5 heteroatoms. The van der Waals surface area contributed by atoms with Gasteiger partial charge in [0.2, 0.25) is 0 Å². The number of hydrogen-bond donors (Lipinski definition) is 0. The Kier molecular flexibility index (Phi) is 8.85. The van der Waals surface area contributed by atoms with Crippen molar-refractivity contribution < 1.29 is 40.9 Å². The minimum atomic E-state index is -2.11. The molecule has 0 aliphatic rings. The van der Waals surface area contributed by atoms with Crippen LogP contribution in [0.2, 0.25) is 0 Å². The molecule has 0 saturated carbocycles. The molecule has 0 N–H and O–H groups in total. The van der Waals surface area contributed by atoms with Gasteiger partial charge in [-0.1, -0.05) is 0 Å². The summed E-state index contributed by atoms with van der Waals surface area (Å²) in [4.78, 5) is 0. The topological polar surface area (TPSA) is 27.7 Å². The second-order valence-corrected chi connectivity index (χ2v) is 8.26. The maximum atomic E-state index is 5.88. The predicted molar refractivity (Wildman–Crippen MR) is 68.3 cm³/mol. The summed E-state index contributed by atoms with van der Waals surface area (Å²) in [6.07, 6.45) is 0. The van der Waals surface area contributed by atoms with E-state index in [4.69, 9.17) is 11.4 Å².